The molecule has 0 radical (unpaired) electrons. The molecule has 7 heteroatoms. The highest BCUT2D eigenvalue weighted by molar-refractivity contribution is 5.83. The predicted molar refractivity (Wildman–Crippen MR) is 145 cm³/mol. The van der Waals surface area contributed by atoms with Crippen molar-refractivity contribution in [2.24, 2.45) is 11.8 Å². The molecular formula is C30H39N3O4. The van der Waals surface area contributed by atoms with E-state index < -0.39 is 12.1 Å². The number of rotatable bonds is 13. The quantitative estimate of drug-likeness (QED) is 0.305. The second-order valence-corrected chi connectivity index (χ2v) is 10.2. The highest BCUT2D eigenvalue weighted by Gasteiger charge is 2.30. The number of nitrogens with zero attached hydrogens (tertiary/aromatic N) is 3. The lowest BCUT2D eigenvalue weighted by Gasteiger charge is -2.39. The van der Waals surface area contributed by atoms with Crippen LogP contribution in [0.3, 0.4) is 0 Å². The second-order valence-electron chi connectivity index (χ2n) is 10.2. The molecule has 1 aromatic carbocycles. The Morgan fingerprint density at radius 2 is 2.05 bits per heavy atom. The molecule has 0 aliphatic carbocycles. The maximum absolute atomic E-state index is 11.3. The zero-order valence-electron chi connectivity index (χ0n) is 21.8. The number of aryl methyl sites for hydroxylation is 1. The number of piperidine rings is 1. The molecule has 1 fully saturated rings. The Balaban J connectivity index is 1.32. The monoisotopic (exact) mass is 505 g/mol. The number of aromatic nitrogens is 2. The van der Waals surface area contributed by atoms with Crippen molar-refractivity contribution in [1.82, 2.24) is 14.9 Å². The van der Waals surface area contributed by atoms with Crippen LogP contribution in [0, 0.1) is 11.8 Å². The number of aliphatic carboxylic acids is 1. The fourth-order valence-corrected chi connectivity index (χ4v) is 5.68. The highest BCUT2D eigenvalue weighted by Crippen LogP contribution is 2.35. The first-order valence-electron chi connectivity index (χ1n) is 13.5. The fraction of sp³-hybridized carbons (Fsp3) is 0.500. The molecule has 3 aromatic rings. The first-order valence-corrected chi connectivity index (χ1v) is 13.5. The first kappa shape index (κ1) is 27.0. The smallest absolute Gasteiger partial charge is 0.303 e. The lowest BCUT2D eigenvalue weighted by Crippen LogP contribution is -2.41. The van der Waals surface area contributed by atoms with Crippen LogP contribution in [0.2, 0.25) is 0 Å². The fourth-order valence-electron chi connectivity index (χ4n) is 5.68. The molecule has 1 aliphatic heterocycles. The molecule has 3 atom stereocenters. The van der Waals surface area contributed by atoms with E-state index in [1.165, 1.54) is 5.56 Å². The van der Waals surface area contributed by atoms with E-state index in [2.05, 4.69) is 20.9 Å². The van der Waals surface area contributed by atoms with Gasteiger partial charge < -0.3 is 19.8 Å². The lowest BCUT2D eigenvalue weighted by molar-refractivity contribution is -0.137. The molecule has 1 aliphatic rings. The summed E-state index contributed by atoms with van der Waals surface area (Å²) >= 11 is 0. The van der Waals surface area contributed by atoms with Gasteiger partial charge >= 0.3 is 5.97 Å². The number of carbonyl (C=O) groups is 1. The molecule has 0 spiro atoms. The summed E-state index contributed by atoms with van der Waals surface area (Å²) in [5.74, 6) is 0.771. The average Bonchev–Trinajstić information content (AvgIpc) is 2.93. The van der Waals surface area contributed by atoms with Crippen LogP contribution < -0.4 is 4.74 Å². The minimum atomic E-state index is -0.732. The summed E-state index contributed by atoms with van der Waals surface area (Å²) in [5, 5.41) is 21.4. The molecule has 0 amide bonds. The molecule has 37 heavy (non-hydrogen) atoms. The topological polar surface area (TPSA) is 95.8 Å². The van der Waals surface area contributed by atoms with E-state index in [1.807, 2.05) is 36.5 Å². The van der Waals surface area contributed by atoms with Crippen molar-refractivity contribution in [3.05, 3.63) is 66.1 Å². The van der Waals surface area contributed by atoms with Crippen LogP contribution >= 0.6 is 0 Å². The van der Waals surface area contributed by atoms with Crippen LogP contribution in [-0.4, -0.2) is 57.8 Å². The molecule has 4 rings (SSSR count). The molecule has 1 unspecified atom stereocenters. The molecule has 198 valence electrons. The molecule has 2 aromatic heterocycles. The van der Waals surface area contributed by atoms with Gasteiger partial charge in [-0.1, -0.05) is 6.07 Å². The van der Waals surface area contributed by atoms with Gasteiger partial charge in [0.2, 0.25) is 0 Å². The number of carboxylic acid groups (broad SMARTS) is 1. The van der Waals surface area contributed by atoms with Crippen molar-refractivity contribution in [1.29, 1.82) is 0 Å². The third kappa shape index (κ3) is 7.73. The number of hydrogen-bond acceptors (Lipinski definition) is 6. The lowest BCUT2D eigenvalue weighted by atomic mass is 9.79. The third-order valence-corrected chi connectivity index (χ3v) is 7.77. The van der Waals surface area contributed by atoms with Crippen molar-refractivity contribution in [3.8, 4) is 5.75 Å². The van der Waals surface area contributed by atoms with E-state index >= 15 is 0 Å². The minimum absolute atomic E-state index is 0.202. The molecule has 3 heterocycles. The number of ether oxygens (including phenoxy) is 1. The molecular weight excluding hydrogens is 466 g/mol. The summed E-state index contributed by atoms with van der Waals surface area (Å²) in [6.45, 7) is 3.02. The Kier molecular flexibility index (Phi) is 9.85. The number of benzene rings is 1. The van der Waals surface area contributed by atoms with Gasteiger partial charge in [0.15, 0.2) is 0 Å². The number of unbranched alkanes of at least 4 members (excludes halogenated alkanes) is 1. The summed E-state index contributed by atoms with van der Waals surface area (Å²) in [6, 6.07) is 11.7. The number of aliphatic hydroxyl groups excluding tert-OH is 1. The van der Waals surface area contributed by atoms with Crippen molar-refractivity contribution in [2.45, 2.75) is 57.5 Å². The molecule has 0 bridgehead atoms. The SMILES string of the molecule is COc1ccc2nccc(C(O)CC[C@@H]3CCN(CCCCc4cccnc4)C[C@@H]3CCC(=O)O)c2c1. The van der Waals surface area contributed by atoms with Crippen LogP contribution in [0.15, 0.2) is 55.0 Å². The summed E-state index contributed by atoms with van der Waals surface area (Å²) in [7, 11) is 1.64. The van der Waals surface area contributed by atoms with Crippen molar-refractivity contribution in [3.63, 3.8) is 0 Å². The van der Waals surface area contributed by atoms with Crippen molar-refractivity contribution >= 4 is 16.9 Å². The number of hydrogen-bond donors (Lipinski definition) is 2. The zero-order chi connectivity index (χ0) is 26.0. The Bertz CT molecular complexity index is 1140. The van der Waals surface area contributed by atoms with Gasteiger partial charge in [-0.3, -0.25) is 14.8 Å². The normalized spacial score (nSPS) is 19.1. The van der Waals surface area contributed by atoms with Gasteiger partial charge in [-0.15, -0.1) is 0 Å². The van der Waals surface area contributed by atoms with E-state index in [0.29, 0.717) is 24.7 Å². The third-order valence-electron chi connectivity index (χ3n) is 7.77. The number of pyridine rings is 2. The molecule has 7 nitrogen and oxygen atoms in total. The number of fused-ring (bicyclic) bond motifs is 1. The molecule has 2 N–H and O–H groups in total. The van der Waals surface area contributed by atoms with E-state index in [-0.39, 0.29) is 6.42 Å². The van der Waals surface area contributed by atoms with Gasteiger partial charge in [0.1, 0.15) is 5.75 Å². The van der Waals surface area contributed by atoms with E-state index in [0.717, 1.165) is 74.0 Å². The van der Waals surface area contributed by atoms with Crippen molar-refractivity contribution in [2.75, 3.05) is 26.7 Å². The molecule has 1 saturated heterocycles. The number of likely N-dealkylation sites (tertiary alicyclic amines) is 1. The summed E-state index contributed by atoms with van der Waals surface area (Å²) < 4.78 is 5.38. The summed E-state index contributed by atoms with van der Waals surface area (Å²) in [4.78, 5) is 22.5. The summed E-state index contributed by atoms with van der Waals surface area (Å²) in [5.41, 5.74) is 2.99. The van der Waals surface area contributed by atoms with Gasteiger partial charge in [0.25, 0.3) is 0 Å². The van der Waals surface area contributed by atoms with E-state index in [1.54, 1.807) is 19.5 Å². The Morgan fingerprint density at radius 3 is 2.84 bits per heavy atom. The van der Waals surface area contributed by atoms with E-state index in [4.69, 9.17) is 4.74 Å². The average molecular weight is 506 g/mol. The minimum Gasteiger partial charge on any atom is -0.497 e. The van der Waals surface area contributed by atoms with Crippen LogP contribution in [0.1, 0.15) is 62.2 Å². The zero-order valence-corrected chi connectivity index (χ0v) is 21.8. The standard InChI is InChI=1S/C30H39N3O4/c1-37-25-9-10-28-27(19-25)26(13-16-32-28)29(34)11-7-23-14-18-33(21-24(23)8-12-30(35)36)17-3-2-5-22-6-4-15-31-20-22/h4,6,9-10,13,15-16,19-20,23-24,29,34H,2-3,5,7-8,11-12,14,17-18,21H2,1H3,(H,35,36)/t23-,24+,29?/m1/s1. The van der Waals surface area contributed by atoms with Crippen LogP contribution in [0.5, 0.6) is 5.75 Å². The Hall–Kier alpha value is -3.03. The second kappa shape index (κ2) is 13.5. The van der Waals surface area contributed by atoms with Gasteiger partial charge in [0, 0.05) is 36.9 Å². The van der Waals surface area contributed by atoms with Crippen LogP contribution in [0.4, 0.5) is 0 Å². The van der Waals surface area contributed by atoms with Gasteiger partial charge in [-0.2, -0.15) is 0 Å². The number of methoxy groups -OCH3 is 1. The van der Waals surface area contributed by atoms with Crippen LogP contribution in [-0.2, 0) is 11.2 Å². The summed E-state index contributed by atoms with van der Waals surface area (Å²) in [6.07, 6.45) is 11.7. The largest absolute Gasteiger partial charge is 0.497 e. The molecule has 0 saturated carbocycles. The number of aliphatic hydroxyl groups is 1. The Morgan fingerprint density at radius 1 is 1.16 bits per heavy atom. The van der Waals surface area contributed by atoms with Crippen LogP contribution in [0.25, 0.3) is 10.9 Å². The first-order chi connectivity index (χ1) is 18.0. The number of carboxylic acids is 1. The van der Waals surface area contributed by atoms with Gasteiger partial charge in [-0.05, 0) is 111 Å². The maximum Gasteiger partial charge on any atom is 0.303 e. The van der Waals surface area contributed by atoms with Crippen molar-refractivity contribution < 1.29 is 19.7 Å². The maximum atomic E-state index is 11.3. The van der Waals surface area contributed by atoms with Gasteiger partial charge in [-0.25, -0.2) is 0 Å². The predicted octanol–water partition coefficient (Wildman–Crippen LogP) is 5.28. The van der Waals surface area contributed by atoms with Gasteiger partial charge in [0.05, 0.1) is 18.7 Å². The Labute approximate surface area is 219 Å². The highest BCUT2D eigenvalue weighted by atomic mass is 16.5. The van der Waals surface area contributed by atoms with E-state index in [9.17, 15) is 15.0 Å².